The van der Waals surface area contributed by atoms with Gasteiger partial charge in [0.15, 0.2) is 0 Å². The third-order valence-corrected chi connectivity index (χ3v) is 5.65. The summed E-state index contributed by atoms with van der Waals surface area (Å²) in [6, 6.07) is 11.3. The molecule has 30 heavy (non-hydrogen) atoms. The van der Waals surface area contributed by atoms with Gasteiger partial charge in [-0.3, -0.25) is 19.4 Å². The lowest BCUT2D eigenvalue weighted by Gasteiger charge is -2.32. The lowest BCUT2D eigenvalue weighted by atomic mass is 9.92. The summed E-state index contributed by atoms with van der Waals surface area (Å²) in [6.45, 7) is 3.94. The SMILES string of the molecule is CCn1ccc(C(=O)N2CCC[C@@H](c3[nH]ncc3C(=O)N(C)c3ccccc3)C2)n1. The number of piperidine rings is 1. The fourth-order valence-corrected chi connectivity index (χ4v) is 3.94. The van der Waals surface area contributed by atoms with Gasteiger partial charge in [-0.1, -0.05) is 18.2 Å². The van der Waals surface area contributed by atoms with Crippen molar-refractivity contribution >= 4 is 17.5 Å². The number of hydrogen-bond donors (Lipinski definition) is 1. The van der Waals surface area contributed by atoms with Gasteiger partial charge in [-0.25, -0.2) is 0 Å². The van der Waals surface area contributed by atoms with Crippen molar-refractivity contribution in [1.82, 2.24) is 24.9 Å². The number of H-pyrrole nitrogens is 1. The van der Waals surface area contributed by atoms with Crippen molar-refractivity contribution in [2.24, 2.45) is 0 Å². The summed E-state index contributed by atoms with van der Waals surface area (Å²) in [5.41, 5.74) is 2.62. The highest BCUT2D eigenvalue weighted by molar-refractivity contribution is 6.06. The van der Waals surface area contributed by atoms with Gasteiger partial charge in [0.05, 0.1) is 17.5 Å². The monoisotopic (exact) mass is 406 g/mol. The minimum absolute atomic E-state index is 0.0292. The minimum Gasteiger partial charge on any atom is -0.337 e. The Morgan fingerprint density at radius 2 is 2.03 bits per heavy atom. The molecule has 0 unspecified atom stereocenters. The van der Waals surface area contributed by atoms with Crippen LogP contribution in [0.5, 0.6) is 0 Å². The Labute approximate surface area is 175 Å². The first-order chi connectivity index (χ1) is 14.6. The van der Waals surface area contributed by atoms with Crippen molar-refractivity contribution in [1.29, 1.82) is 0 Å². The Balaban J connectivity index is 1.51. The molecule has 0 bridgehead atoms. The van der Waals surface area contributed by atoms with Crippen LogP contribution in [0.25, 0.3) is 0 Å². The number of hydrogen-bond acceptors (Lipinski definition) is 4. The Hall–Kier alpha value is -3.42. The van der Waals surface area contributed by atoms with Gasteiger partial charge in [0.25, 0.3) is 11.8 Å². The second kappa shape index (κ2) is 8.52. The van der Waals surface area contributed by atoms with Crippen LogP contribution in [0.2, 0.25) is 0 Å². The largest absolute Gasteiger partial charge is 0.337 e. The second-order valence-electron chi connectivity index (χ2n) is 7.54. The van der Waals surface area contributed by atoms with E-state index in [-0.39, 0.29) is 17.7 Å². The van der Waals surface area contributed by atoms with Crippen LogP contribution in [0.1, 0.15) is 52.2 Å². The standard InChI is InChI=1S/C22H26N6O2/c1-3-28-13-11-19(25-28)22(30)27-12-7-8-16(15-27)20-18(14-23-24-20)21(29)26(2)17-9-5-4-6-10-17/h4-6,9-11,13-14,16H,3,7-8,12,15H2,1-2H3,(H,23,24)/t16-/m1/s1. The molecule has 3 aromatic rings. The Bertz CT molecular complexity index is 1030. The number of carbonyl (C=O) groups is 2. The fourth-order valence-electron chi connectivity index (χ4n) is 3.94. The van der Waals surface area contributed by atoms with Gasteiger partial charge in [0, 0.05) is 44.5 Å². The zero-order chi connectivity index (χ0) is 21.1. The quantitative estimate of drug-likeness (QED) is 0.706. The zero-order valence-corrected chi connectivity index (χ0v) is 17.3. The van der Waals surface area contributed by atoms with Crippen LogP contribution >= 0.6 is 0 Å². The molecule has 1 fully saturated rings. The first-order valence-electron chi connectivity index (χ1n) is 10.3. The Morgan fingerprint density at radius 1 is 1.23 bits per heavy atom. The van der Waals surface area contributed by atoms with Gasteiger partial charge in [-0.2, -0.15) is 10.2 Å². The van der Waals surface area contributed by atoms with Crippen LogP contribution in [0, 0.1) is 0 Å². The fraction of sp³-hybridized carbons (Fsp3) is 0.364. The average Bonchev–Trinajstić information content (AvgIpc) is 3.48. The van der Waals surface area contributed by atoms with Crippen LogP contribution < -0.4 is 4.90 Å². The number of para-hydroxylation sites is 1. The van der Waals surface area contributed by atoms with Crippen LogP contribution in [-0.4, -0.2) is 56.8 Å². The van der Waals surface area contributed by atoms with E-state index in [1.165, 1.54) is 0 Å². The molecule has 1 aromatic carbocycles. The van der Waals surface area contributed by atoms with Crippen molar-refractivity contribution in [3.05, 3.63) is 65.7 Å². The summed E-state index contributed by atoms with van der Waals surface area (Å²) >= 11 is 0. The molecule has 1 atom stereocenters. The number of nitrogens with one attached hydrogen (secondary N) is 1. The number of amides is 2. The number of aromatic nitrogens is 4. The molecule has 2 aromatic heterocycles. The van der Waals surface area contributed by atoms with E-state index in [2.05, 4.69) is 15.3 Å². The molecule has 0 aliphatic carbocycles. The predicted octanol–water partition coefficient (Wildman–Crippen LogP) is 2.92. The molecule has 0 saturated carbocycles. The third kappa shape index (κ3) is 3.85. The van der Waals surface area contributed by atoms with Crippen LogP contribution in [0.4, 0.5) is 5.69 Å². The summed E-state index contributed by atoms with van der Waals surface area (Å²) in [7, 11) is 1.76. The van der Waals surface area contributed by atoms with Crippen molar-refractivity contribution in [2.75, 3.05) is 25.0 Å². The Kier molecular flexibility index (Phi) is 5.65. The number of aromatic amines is 1. The first-order valence-corrected chi connectivity index (χ1v) is 10.3. The van der Waals surface area contributed by atoms with Crippen LogP contribution in [0.15, 0.2) is 48.8 Å². The summed E-state index contributed by atoms with van der Waals surface area (Å²) in [4.78, 5) is 29.5. The van der Waals surface area contributed by atoms with E-state index in [0.717, 1.165) is 30.8 Å². The molecule has 1 N–H and O–H groups in total. The summed E-state index contributed by atoms with van der Waals surface area (Å²) in [5.74, 6) is -0.155. The highest BCUT2D eigenvalue weighted by Crippen LogP contribution is 2.29. The van der Waals surface area contributed by atoms with Crippen molar-refractivity contribution in [3.8, 4) is 0 Å². The number of aryl methyl sites for hydroxylation is 1. The molecule has 8 nitrogen and oxygen atoms in total. The van der Waals surface area contributed by atoms with Gasteiger partial charge in [0.2, 0.25) is 0 Å². The molecular formula is C22H26N6O2. The normalized spacial score (nSPS) is 16.5. The maximum absolute atomic E-state index is 13.1. The smallest absolute Gasteiger partial charge is 0.274 e. The van der Waals surface area contributed by atoms with E-state index in [1.807, 2.05) is 48.4 Å². The number of rotatable bonds is 5. The first kappa shape index (κ1) is 19.9. The third-order valence-electron chi connectivity index (χ3n) is 5.65. The molecule has 156 valence electrons. The molecule has 8 heteroatoms. The lowest BCUT2D eigenvalue weighted by molar-refractivity contribution is 0.0698. The van der Waals surface area contributed by atoms with E-state index >= 15 is 0 Å². The molecule has 0 radical (unpaired) electrons. The summed E-state index contributed by atoms with van der Waals surface area (Å²) in [5, 5.41) is 11.5. The van der Waals surface area contributed by atoms with E-state index in [4.69, 9.17) is 0 Å². The number of anilines is 1. The summed E-state index contributed by atoms with van der Waals surface area (Å²) < 4.78 is 1.75. The number of benzene rings is 1. The molecule has 3 heterocycles. The molecule has 0 spiro atoms. The highest BCUT2D eigenvalue weighted by atomic mass is 16.2. The Morgan fingerprint density at radius 3 is 2.77 bits per heavy atom. The predicted molar refractivity (Wildman–Crippen MR) is 114 cm³/mol. The lowest BCUT2D eigenvalue weighted by Crippen LogP contribution is -2.40. The highest BCUT2D eigenvalue weighted by Gasteiger charge is 2.31. The maximum atomic E-state index is 13.1. The van der Waals surface area contributed by atoms with Crippen molar-refractivity contribution in [3.63, 3.8) is 0 Å². The van der Waals surface area contributed by atoms with Crippen molar-refractivity contribution < 1.29 is 9.59 Å². The van der Waals surface area contributed by atoms with E-state index < -0.39 is 0 Å². The van der Waals surface area contributed by atoms with E-state index in [0.29, 0.717) is 24.3 Å². The molecule has 2 amide bonds. The number of nitrogens with zero attached hydrogens (tertiary/aromatic N) is 5. The molecular weight excluding hydrogens is 380 g/mol. The van der Waals surface area contributed by atoms with Crippen LogP contribution in [-0.2, 0) is 6.54 Å². The minimum atomic E-state index is -0.116. The maximum Gasteiger partial charge on any atom is 0.274 e. The topological polar surface area (TPSA) is 87.1 Å². The van der Waals surface area contributed by atoms with Crippen molar-refractivity contribution in [2.45, 2.75) is 32.2 Å². The number of carbonyl (C=O) groups excluding carboxylic acids is 2. The van der Waals surface area contributed by atoms with Gasteiger partial charge < -0.3 is 9.80 Å². The number of likely N-dealkylation sites (tertiary alicyclic amines) is 1. The van der Waals surface area contributed by atoms with Gasteiger partial charge in [-0.15, -0.1) is 0 Å². The summed E-state index contributed by atoms with van der Waals surface area (Å²) in [6.07, 6.45) is 5.16. The molecule has 1 aliphatic rings. The molecule has 1 aliphatic heterocycles. The van der Waals surface area contributed by atoms with Gasteiger partial charge in [-0.05, 0) is 38.0 Å². The van der Waals surface area contributed by atoms with Gasteiger partial charge in [0.1, 0.15) is 5.69 Å². The zero-order valence-electron chi connectivity index (χ0n) is 17.3. The van der Waals surface area contributed by atoms with E-state index in [9.17, 15) is 9.59 Å². The second-order valence-corrected chi connectivity index (χ2v) is 7.54. The average molecular weight is 406 g/mol. The molecule has 1 saturated heterocycles. The van der Waals surface area contributed by atoms with Crippen LogP contribution in [0.3, 0.4) is 0 Å². The molecule has 4 rings (SSSR count). The van der Waals surface area contributed by atoms with E-state index in [1.54, 1.807) is 28.9 Å². The van der Waals surface area contributed by atoms with Gasteiger partial charge >= 0.3 is 0 Å².